The third-order valence-corrected chi connectivity index (χ3v) is 2.25. The molecular weight excluding hydrogens is 112 g/mol. The van der Waals surface area contributed by atoms with Crippen LogP contribution in [0.15, 0.2) is 12.3 Å². The number of hydrogen-bond acceptors (Lipinski definition) is 1. The maximum atomic E-state index is 5.28. The summed E-state index contributed by atoms with van der Waals surface area (Å²) in [6, 6.07) is 0. The number of hydrogen-bond donors (Lipinski definition) is 0. The molecule has 3 atom stereocenters. The van der Waals surface area contributed by atoms with Crippen molar-refractivity contribution in [1.29, 1.82) is 0 Å². The van der Waals surface area contributed by atoms with E-state index in [1.807, 2.05) is 6.26 Å². The number of allylic oxidation sites excluding steroid dienone is 1. The highest BCUT2D eigenvalue weighted by Gasteiger charge is 2.20. The Bertz CT molecular complexity index is 118. The lowest BCUT2D eigenvalue weighted by Gasteiger charge is -2.27. The van der Waals surface area contributed by atoms with Crippen molar-refractivity contribution in [2.45, 2.75) is 26.9 Å². The summed E-state index contributed by atoms with van der Waals surface area (Å²) >= 11 is 0. The van der Waals surface area contributed by atoms with E-state index in [2.05, 4.69) is 26.8 Å². The Kier molecular flexibility index (Phi) is 1.79. The molecule has 0 fully saturated rings. The standard InChI is InChI=1S/C8H14O/c1-6-4-5-9-8(3)7(6)2/h4-8H,1-3H3/t6-,7?,8?/m1/s1. The Morgan fingerprint density at radius 3 is 2.33 bits per heavy atom. The van der Waals surface area contributed by atoms with Crippen LogP contribution in [-0.4, -0.2) is 6.10 Å². The molecule has 1 heteroatoms. The third kappa shape index (κ3) is 1.26. The van der Waals surface area contributed by atoms with Crippen LogP contribution in [-0.2, 0) is 4.74 Å². The summed E-state index contributed by atoms with van der Waals surface area (Å²) in [5.74, 6) is 1.34. The van der Waals surface area contributed by atoms with Crippen LogP contribution in [0.2, 0.25) is 0 Å². The maximum Gasteiger partial charge on any atom is 0.0981 e. The fraction of sp³-hybridized carbons (Fsp3) is 0.750. The molecule has 0 saturated carbocycles. The minimum absolute atomic E-state index is 0.394. The SMILES string of the molecule is CC1OC=C[C@@H](C)C1C. The smallest absolute Gasteiger partial charge is 0.0981 e. The molecule has 0 bridgehead atoms. The van der Waals surface area contributed by atoms with Crippen LogP contribution in [0.4, 0.5) is 0 Å². The van der Waals surface area contributed by atoms with Crippen LogP contribution in [0, 0.1) is 11.8 Å². The van der Waals surface area contributed by atoms with Gasteiger partial charge in [-0.05, 0) is 24.8 Å². The second kappa shape index (κ2) is 2.42. The Hall–Kier alpha value is -0.460. The summed E-state index contributed by atoms with van der Waals surface area (Å²) in [5.41, 5.74) is 0. The summed E-state index contributed by atoms with van der Waals surface area (Å²) in [4.78, 5) is 0. The molecule has 52 valence electrons. The lowest BCUT2D eigenvalue weighted by Crippen LogP contribution is -2.24. The zero-order valence-electron chi connectivity index (χ0n) is 6.29. The maximum absolute atomic E-state index is 5.28. The average molecular weight is 126 g/mol. The molecule has 0 spiro atoms. The van der Waals surface area contributed by atoms with E-state index in [0.29, 0.717) is 17.9 Å². The van der Waals surface area contributed by atoms with Gasteiger partial charge in [0.25, 0.3) is 0 Å². The van der Waals surface area contributed by atoms with E-state index in [1.54, 1.807) is 0 Å². The molecule has 0 aromatic heterocycles. The zero-order valence-corrected chi connectivity index (χ0v) is 6.29. The van der Waals surface area contributed by atoms with E-state index in [-0.39, 0.29) is 0 Å². The molecule has 0 aliphatic carbocycles. The van der Waals surface area contributed by atoms with Crippen molar-refractivity contribution in [3.05, 3.63) is 12.3 Å². The Labute approximate surface area is 56.7 Å². The quantitative estimate of drug-likeness (QED) is 0.483. The highest BCUT2D eigenvalue weighted by Crippen LogP contribution is 2.22. The second-order valence-corrected chi connectivity index (χ2v) is 2.89. The van der Waals surface area contributed by atoms with Gasteiger partial charge in [-0.2, -0.15) is 0 Å². The van der Waals surface area contributed by atoms with Gasteiger partial charge in [0.1, 0.15) is 0 Å². The van der Waals surface area contributed by atoms with E-state index in [4.69, 9.17) is 4.74 Å². The lowest BCUT2D eigenvalue weighted by atomic mass is 9.90. The van der Waals surface area contributed by atoms with Gasteiger partial charge in [0, 0.05) is 0 Å². The van der Waals surface area contributed by atoms with E-state index in [1.165, 1.54) is 0 Å². The van der Waals surface area contributed by atoms with Crippen molar-refractivity contribution in [3.8, 4) is 0 Å². The van der Waals surface area contributed by atoms with Gasteiger partial charge in [0.2, 0.25) is 0 Å². The Morgan fingerprint density at radius 1 is 1.22 bits per heavy atom. The molecule has 9 heavy (non-hydrogen) atoms. The highest BCUT2D eigenvalue weighted by atomic mass is 16.5. The molecule has 1 aliphatic rings. The van der Waals surface area contributed by atoms with Crippen LogP contribution in [0.1, 0.15) is 20.8 Å². The molecule has 0 aromatic carbocycles. The van der Waals surface area contributed by atoms with Crippen molar-refractivity contribution < 1.29 is 4.74 Å². The first-order valence-corrected chi connectivity index (χ1v) is 3.54. The van der Waals surface area contributed by atoms with E-state index in [0.717, 1.165) is 0 Å². The normalized spacial score (nSPS) is 42.3. The molecule has 0 amide bonds. The van der Waals surface area contributed by atoms with Gasteiger partial charge in [0.05, 0.1) is 12.4 Å². The molecule has 2 unspecified atom stereocenters. The average Bonchev–Trinajstić information content (AvgIpc) is 1.83. The molecule has 0 N–H and O–H groups in total. The fourth-order valence-electron chi connectivity index (χ4n) is 1.02. The highest BCUT2D eigenvalue weighted by molar-refractivity contribution is 4.90. The summed E-state index contributed by atoms with van der Waals surface area (Å²) in [6.07, 6.45) is 4.32. The molecule has 1 nitrogen and oxygen atoms in total. The summed E-state index contributed by atoms with van der Waals surface area (Å²) < 4.78 is 5.28. The van der Waals surface area contributed by atoms with Crippen molar-refractivity contribution >= 4 is 0 Å². The van der Waals surface area contributed by atoms with Gasteiger partial charge in [-0.3, -0.25) is 0 Å². The van der Waals surface area contributed by atoms with Gasteiger partial charge >= 0.3 is 0 Å². The molecule has 1 rings (SSSR count). The largest absolute Gasteiger partial charge is 0.498 e. The van der Waals surface area contributed by atoms with Crippen LogP contribution in [0.3, 0.4) is 0 Å². The lowest BCUT2D eigenvalue weighted by molar-refractivity contribution is 0.0742. The van der Waals surface area contributed by atoms with Crippen LogP contribution in [0.25, 0.3) is 0 Å². The van der Waals surface area contributed by atoms with Gasteiger partial charge < -0.3 is 4.74 Å². The topological polar surface area (TPSA) is 9.23 Å². The minimum Gasteiger partial charge on any atom is -0.498 e. The third-order valence-electron chi connectivity index (χ3n) is 2.25. The van der Waals surface area contributed by atoms with Gasteiger partial charge in [-0.25, -0.2) is 0 Å². The Morgan fingerprint density at radius 2 is 1.89 bits per heavy atom. The van der Waals surface area contributed by atoms with Gasteiger partial charge in [0.15, 0.2) is 0 Å². The van der Waals surface area contributed by atoms with Crippen molar-refractivity contribution in [2.75, 3.05) is 0 Å². The molecule has 0 aromatic rings. The molecular formula is C8H14O. The van der Waals surface area contributed by atoms with E-state index in [9.17, 15) is 0 Å². The summed E-state index contributed by atoms with van der Waals surface area (Å²) in [6.45, 7) is 6.56. The van der Waals surface area contributed by atoms with Crippen LogP contribution >= 0.6 is 0 Å². The van der Waals surface area contributed by atoms with Gasteiger partial charge in [-0.15, -0.1) is 0 Å². The van der Waals surface area contributed by atoms with Crippen molar-refractivity contribution in [1.82, 2.24) is 0 Å². The first-order valence-electron chi connectivity index (χ1n) is 3.54. The predicted molar refractivity (Wildman–Crippen MR) is 38.0 cm³/mol. The molecule has 0 radical (unpaired) electrons. The van der Waals surface area contributed by atoms with E-state index >= 15 is 0 Å². The predicted octanol–water partition coefficient (Wildman–Crippen LogP) is 2.19. The van der Waals surface area contributed by atoms with E-state index < -0.39 is 0 Å². The van der Waals surface area contributed by atoms with Gasteiger partial charge in [-0.1, -0.05) is 13.8 Å². The summed E-state index contributed by atoms with van der Waals surface area (Å²) in [7, 11) is 0. The first-order chi connectivity index (χ1) is 4.22. The van der Waals surface area contributed by atoms with Crippen LogP contribution < -0.4 is 0 Å². The number of ether oxygens (including phenoxy) is 1. The fourth-order valence-corrected chi connectivity index (χ4v) is 1.02. The van der Waals surface area contributed by atoms with Crippen LogP contribution in [0.5, 0.6) is 0 Å². The summed E-state index contributed by atoms with van der Waals surface area (Å²) in [5, 5.41) is 0. The Balaban J connectivity index is 2.58. The van der Waals surface area contributed by atoms with Crippen molar-refractivity contribution in [2.24, 2.45) is 11.8 Å². The zero-order chi connectivity index (χ0) is 6.85. The minimum atomic E-state index is 0.394. The molecule has 1 heterocycles. The molecule has 0 saturated heterocycles. The first kappa shape index (κ1) is 6.66. The monoisotopic (exact) mass is 126 g/mol. The number of rotatable bonds is 0. The van der Waals surface area contributed by atoms with Crippen molar-refractivity contribution in [3.63, 3.8) is 0 Å². The molecule has 1 aliphatic heterocycles. The second-order valence-electron chi connectivity index (χ2n) is 2.89.